The van der Waals surface area contributed by atoms with E-state index in [1.54, 1.807) is 0 Å². The van der Waals surface area contributed by atoms with Gasteiger partial charge in [-0.05, 0) is 12.5 Å². The maximum absolute atomic E-state index is 13.7. The van der Waals surface area contributed by atoms with E-state index in [9.17, 15) is 13.6 Å². The number of amides is 1. The van der Waals surface area contributed by atoms with E-state index in [0.717, 1.165) is 6.07 Å². The molecule has 20 heavy (non-hydrogen) atoms. The molecule has 0 radical (unpaired) electrons. The molecule has 112 valence electrons. The van der Waals surface area contributed by atoms with Crippen molar-refractivity contribution in [3.8, 4) is 0 Å². The molecule has 0 aromatic heterocycles. The summed E-state index contributed by atoms with van der Waals surface area (Å²) in [6, 6.07) is 2.82. The van der Waals surface area contributed by atoms with Crippen molar-refractivity contribution in [2.45, 2.75) is 31.9 Å². The molecule has 1 aromatic carbocycles. The molecule has 6 heteroatoms. The van der Waals surface area contributed by atoms with Crippen LogP contribution >= 0.6 is 0 Å². The van der Waals surface area contributed by atoms with Crippen LogP contribution < -0.4 is 11.1 Å². The molecule has 1 amide bonds. The van der Waals surface area contributed by atoms with Gasteiger partial charge in [0.05, 0.1) is 18.6 Å². The third-order valence-corrected chi connectivity index (χ3v) is 3.09. The first-order chi connectivity index (χ1) is 9.51. The van der Waals surface area contributed by atoms with Gasteiger partial charge in [0.15, 0.2) is 0 Å². The predicted molar refractivity (Wildman–Crippen MR) is 72.0 cm³/mol. The predicted octanol–water partition coefficient (Wildman–Crippen LogP) is 1.90. The van der Waals surface area contributed by atoms with Crippen LogP contribution in [0.4, 0.5) is 8.78 Å². The molecule has 1 rings (SSSR count). The van der Waals surface area contributed by atoms with Crippen LogP contribution in [0, 0.1) is 11.6 Å². The zero-order valence-electron chi connectivity index (χ0n) is 11.7. The van der Waals surface area contributed by atoms with E-state index < -0.39 is 17.7 Å². The number of ether oxygens (including phenoxy) is 1. The van der Waals surface area contributed by atoms with E-state index in [-0.39, 0.29) is 30.5 Å². The number of nitrogens with one attached hydrogen (secondary N) is 1. The molecule has 1 aromatic rings. The monoisotopic (exact) mass is 286 g/mol. The van der Waals surface area contributed by atoms with Crippen LogP contribution in [0.2, 0.25) is 0 Å². The summed E-state index contributed by atoms with van der Waals surface area (Å²) in [6.45, 7) is 2.04. The molecular weight excluding hydrogens is 266 g/mol. The fraction of sp³-hybridized carbons (Fsp3) is 0.500. The fourth-order valence-electron chi connectivity index (χ4n) is 1.91. The van der Waals surface area contributed by atoms with Crippen LogP contribution in [-0.4, -0.2) is 25.7 Å². The van der Waals surface area contributed by atoms with Crippen LogP contribution in [0.5, 0.6) is 0 Å². The van der Waals surface area contributed by atoms with Crippen molar-refractivity contribution >= 4 is 5.91 Å². The van der Waals surface area contributed by atoms with Crippen molar-refractivity contribution in [2.75, 3.05) is 13.7 Å². The van der Waals surface area contributed by atoms with Gasteiger partial charge in [-0.2, -0.15) is 0 Å². The minimum Gasteiger partial charge on any atom is -0.380 e. The first-order valence-electron chi connectivity index (χ1n) is 6.49. The second kappa shape index (κ2) is 7.91. The molecule has 0 aliphatic rings. The molecule has 0 bridgehead atoms. The van der Waals surface area contributed by atoms with E-state index in [1.807, 2.05) is 6.92 Å². The summed E-state index contributed by atoms with van der Waals surface area (Å²) in [4.78, 5) is 11.8. The molecule has 0 saturated carbocycles. The first-order valence-corrected chi connectivity index (χ1v) is 6.49. The number of carbonyl (C=O) groups excluding carboxylic acids is 1. The zero-order chi connectivity index (χ0) is 15.1. The lowest BCUT2D eigenvalue weighted by atomic mass is 10.0. The summed E-state index contributed by atoms with van der Waals surface area (Å²) in [5.74, 6) is -1.59. The Bertz CT molecular complexity index is 451. The Morgan fingerprint density at radius 3 is 2.65 bits per heavy atom. The Morgan fingerprint density at radius 2 is 2.15 bits per heavy atom. The quantitative estimate of drug-likeness (QED) is 0.804. The second-order valence-electron chi connectivity index (χ2n) is 4.49. The molecule has 0 saturated heterocycles. The molecule has 0 aliphatic carbocycles. The van der Waals surface area contributed by atoms with Crippen LogP contribution in [0.1, 0.15) is 31.4 Å². The van der Waals surface area contributed by atoms with Crippen LogP contribution in [0.3, 0.4) is 0 Å². The summed E-state index contributed by atoms with van der Waals surface area (Å²) in [5, 5.41) is 2.71. The molecular formula is C14H20F2N2O2. The van der Waals surface area contributed by atoms with E-state index >= 15 is 0 Å². The average molecular weight is 286 g/mol. The summed E-state index contributed by atoms with van der Waals surface area (Å²) in [7, 11) is 1.47. The lowest BCUT2D eigenvalue weighted by molar-refractivity contribution is -0.124. The molecule has 2 unspecified atom stereocenters. The summed E-state index contributed by atoms with van der Waals surface area (Å²) in [6.07, 6.45) is 0.228. The third kappa shape index (κ3) is 4.54. The van der Waals surface area contributed by atoms with Crippen molar-refractivity contribution in [1.82, 2.24) is 5.32 Å². The number of nitrogens with two attached hydrogens (primary N) is 1. The highest BCUT2D eigenvalue weighted by Crippen LogP contribution is 2.21. The highest BCUT2D eigenvalue weighted by atomic mass is 19.1. The smallest absolute Gasteiger partial charge is 0.223 e. The van der Waals surface area contributed by atoms with Gasteiger partial charge in [-0.1, -0.05) is 13.0 Å². The Balaban J connectivity index is 2.74. The van der Waals surface area contributed by atoms with Crippen LogP contribution in [0.15, 0.2) is 18.2 Å². The van der Waals surface area contributed by atoms with Crippen molar-refractivity contribution < 1.29 is 18.3 Å². The lowest BCUT2D eigenvalue weighted by Crippen LogP contribution is -2.34. The number of methoxy groups -OCH3 is 1. The highest BCUT2D eigenvalue weighted by Gasteiger charge is 2.19. The maximum Gasteiger partial charge on any atom is 0.223 e. The van der Waals surface area contributed by atoms with Gasteiger partial charge in [0, 0.05) is 25.3 Å². The Kier molecular flexibility index (Phi) is 6.54. The topological polar surface area (TPSA) is 64.4 Å². The van der Waals surface area contributed by atoms with E-state index in [4.69, 9.17) is 10.5 Å². The molecule has 3 N–H and O–H groups in total. The van der Waals surface area contributed by atoms with E-state index in [0.29, 0.717) is 6.42 Å². The zero-order valence-corrected chi connectivity index (χ0v) is 11.7. The molecule has 2 atom stereocenters. The number of carbonyl (C=O) groups is 1. The molecule has 0 heterocycles. The van der Waals surface area contributed by atoms with Gasteiger partial charge in [-0.25, -0.2) is 8.78 Å². The van der Waals surface area contributed by atoms with Gasteiger partial charge >= 0.3 is 0 Å². The number of hydrogen-bond acceptors (Lipinski definition) is 3. The van der Waals surface area contributed by atoms with Crippen LogP contribution in [-0.2, 0) is 9.53 Å². The van der Waals surface area contributed by atoms with Gasteiger partial charge in [0.25, 0.3) is 0 Å². The van der Waals surface area contributed by atoms with Crippen molar-refractivity contribution in [3.05, 3.63) is 35.4 Å². The minimum atomic E-state index is -0.667. The van der Waals surface area contributed by atoms with E-state index in [1.165, 1.54) is 19.2 Å². The standard InChI is InChI=1S/C14H20F2N2O2/c1-3-13(11-5-4-9(15)6-12(11)16)18-14(19)7-10(8-17)20-2/h4-6,10,13H,3,7-8,17H2,1-2H3,(H,18,19). The molecule has 4 nitrogen and oxygen atoms in total. The second-order valence-corrected chi connectivity index (χ2v) is 4.49. The summed E-state index contributed by atoms with van der Waals surface area (Å²) >= 11 is 0. The lowest BCUT2D eigenvalue weighted by Gasteiger charge is -2.20. The number of rotatable bonds is 7. The SMILES string of the molecule is CCC(NC(=O)CC(CN)OC)c1ccc(F)cc1F. The van der Waals surface area contributed by atoms with Crippen molar-refractivity contribution in [2.24, 2.45) is 5.73 Å². The molecule has 0 spiro atoms. The molecule has 0 aliphatic heterocycles. The number of halogens is 2. The highest BCUT2D eigenvalue weighted by molar-refractivity contribution is 5.77. The third-order valence-electron chi connectivity index (χ3n) is 3.09. The Hall–Kier alpha value is -1.53. The van der Waals surface area contributed by atoms with Gasteiger partial charge in [-0.3, -0.25) is 4.79 Å². The minimum absolute atomic E-state index is 0.103. The van der Waals surface area contributed by atoms with Crippen molar-refractivity contribution in [3.63, 3.8) is 0 Å². The normalized spacial score (nSPS) is 13.8. The van der Waals surface area contributed by atoms with Crippen LogP contribution in [0.25, 0.3) is 0 Å². The fourth-order valence-corrected chi connectivity index (χ4v) is 1.91. The first kappa shape index (κ1) is 16.5. The van der Waals surface area contributed by atoms with Gasteiger partial charge in [-0.15, -0.1) is 0 Å². The summed E-state index contributed by atoms with van der Waals surface area (Å²) in [5.41, 5.74) is 5.71. The largest absolute Gasteiger partial charge is 0.380 e. The van der Waals surface area contributed by atoms with E-state index in [2.05, 4.69) is 5.32 Å². The average Bonchev–Trinajstić information content (AvgIpc) is 2.42. The summed E-state index contributed by atoms with van der Waals surface area (Å²) < 4.78 is 31.6. The molecule has 0 fully saturated rings. The van der Waals surface area contributed by atoms with Gasteiger partial charge < -0.3 is 15.8 Å². The van der Waals surface area contributed by atoms with Gasteiger partial charge in [0.2, 0.25) is 5.91 Å². The Morgan fingerprint density at radius 1 is 1.45 bits per heavy atom. The number of hydrogen-bond donors (Lipinski definition) is 2. The number of benzene rings is 1. The maximum atomic E-state index is 13.7. The van der Waals surface area contributed by atoms with Crippen molar-refractivity contribution in [1.29, 1.82) is 0 Å². The van der Waals surface area contributed by atoms with Gasteiger partial charge in [0.1, 0.15) is 11.6 Å². The Labute approximate surface area is 117 Å².